The summed E-state index contributed by atoms with van der Waals surface area (Å²) >= 11 is 0. The number of amides is 1. The molecule has 0 bridgehead atoms. The molecule has 10 heteroatoms. The Kier molecular flexibility index (Phi) is 6.28. The van der Waals surface area contributed by atoms with Crippen LogP contribution in [0.5, 0.6) is 11.6 Å². The maximum atomic E-state index is 13.2. The van der Waals surface area contributed by atoms with Gasteiger partial charge in [0.05, 0.1) is 11.0 Å². The SMILES string of the molecule is NC(Cc1ccc(Oc2ccc([N+](=O)[O-])cn2)cc1)C(=O)Nc1ccc(F)c(F)c1. The smallest absolute Gasteiger partial charge is 0.287 e. The summed E-state index contributed by atoms with van der Waals surface area (Å²) in [4.78, 5) is 26.1. The van der Waals surface area contributed by atoms with E-state index in [1.807, 2.05) is 0 Å². The maximum Gasteiger partial charge on any atom is 0.287 e. The van der Waals surface area contributed by atoms with Gasteiger partial charge < -0.3 is 15.8 Å². The second-order valence-electron chi connectivity index (χ2n) is 6.29. The number of halogens is 2. The zero-order valence-electron chi connectivity index (χ0n) is 15.4. The van der Waals surface area contributed by atoms with E-state index in [1.54, 1.807) is 24.3 Å². The molecule has 0 aliphatic carbocycles. The van der Waals surface area contributed by atoms with Crippen molar-refractivity contribution in [2.75, 3.05) is 5.32 Å². The Morgan fingerprint density at radius 1 is 1.13 bits per heavy atom. The highest BCUT2D eigenvalue weighted by Gasteiger charge is 2.15. The van der Waals surface area contributed by atoms with Gasteiger partial charge in [0, 0.05) is 23.9 Å². The zero-order chi connectivity index (χ0) is 21.7. The lowest BCUT2D eigenvalue weighted by Crippen LogP contribution is -2.37. The molecule has 2 aromatic carbocycles. The van der Waals surface area contributed by atoms with Crippen molar-refractivity contribution in [3.63, 3.8) is 0 Å². The average molecular weight is 414 g/mol. The van der Waals surface area contributed by atoms with Gasteiger partial charge in [-0.3, -0.25) is 14.9 Å². The molecule has 1 heterocycles. The second kappa shape index (κ2) is 9.05. The van der Waals surface area contributed by atoms with Crippen molar-refractivity contribution < 1.29 is 23.2 Å². The van der Waals surface area contributed by atoms with E-state index in [-0.39, 0.29) is 23.7 Å². The molecule has 1 aromatic heterocycles. The Balaban J connectivity index is 1.56. The number of hydrogen-bond donors (Lipinski definition) is 2. The number of nitrogens with zero attached hydrogens (tertiary/aromatic N) is 2. The maximum absolute atomic E-state index is 13.2. The van der Waals surface area contributed by atoms with Crippen molar-refractivity contribution in [3.05, 3.63) is 88.1 Å². The summed E-state index contributed by atoms with van der Waals surface area (Å²) in [5.41, 5.74) is 6.59. The molecule has 30 heavy (non-hydrogen) atoms. The lowest BCUT2D eigenvalue weighted by Gasteiger charge is -2.13. The number of carbonyl (C=O) groups excluding carboxylic acids is 1. The van der Waals surface area contributed by atoms with Gasteiger partial charge in [-0.15, -0.1) is 0 Å². The number of nitrogens with one attached hydrogen (secondary N) is 1. The Hall–Kier alpha value is -3.92. The van der Waals surface area contributed by atoms with Crippen LogP contribution in [0, 0.1) is 21.7 Å². The third-order valence-corrected chi connectivity index (χ3v) is 4.06. The van der Waals surface area contributed by atoms with E-state index in [0.717, 1.165) is 23.9 Å². The Bertz CT molecular complexity index is 1060. The number of aromatic nitrogens is 1. The van der Waals surface area contributed by atoms with Crippen molar-refractivity contribution in [1.82, 2.24) is 4.98 Å². The lowest BCUT2D eigenvalue weighted by atomic mass is 10.1. The molecular weight excluding hydrogens is 398 g/mol. The van der Waals surface area contributed by atoms with Crippen LogP contribution in [0.3, 0.4) is 0 Å². The van der Waals surface area contributed by atoms with E-state index in [2.05, 4.69) is 10.3 Å². The molecule has 1 amide bonds. The minimum atomic E-state index is -1.07. The Morgan fingerprint density at radius 2 is 1.87 bits per heavy atom. The van der Waals surface area contributed by atoms with E-state index in [1.165, 1.54) is 18.2 Å². The monoisotopic (exact) mass is 414 g/mol. The first-order valence-corrected chi connectivity index (χ1v) is 8.70. The van der Waals surface area contributed by atoms with Gasteiger partial charge in [-0.05, 0) is 36.2 Å². The molecule has 1 unspecified atom stereocenters. The first-order chi connectivity index (χ1) is 14.3. The number of hydrogen-bond acceptors (Lipinski definition) is 6. The van der Waals surface area contributed by atoms with Crippen LogP contribution in [0.2, 0.25) is 0 Å². The van der Waals surface area contributed by atoms with Crippen LogP contribution in [0.1, 0.15) is 5.56 Å². The van der Waals surface area contributed by atoms with E-state index < -0.39 is 28.5 Å². The summed E-state index contributed by atoms with van der Waals surface area (Å²) in [5, 5.41) is 13.1. The summed E-state index contributed by atoms with van der Waals surface area (Å²) in [6.07, 6.45) is 1.29. The topological polar surface area (TPSA) is 120 Å². The summed E-state index contributed by atoms with van der Waals surface area (Å²) < 4.78 is 31.7. The van der Waals surface area contributed by atoms with E-state index in [9.17, 15) is 23.7 Å². The minimum Gasteiger partial charge on any atom is -0.439 e. The fraction of sp³-hybridized carbons (Fsp3) is 0.100. The molecule has 0 aliphatic rings. The number of carbonyl (C=O) groups is 1. The van der Waals surface area contributed by atoms with E-state index in [4.69, 9.17) is 10.5 Å². The third kappa shape index (κ3) is 5.32. The number of nitro groups is 1. The molecule has 0 saturated heterocycles. The minimum absolute atomic E-state index is 0.105. The molecule has 154 valence electrons. The number of benzene rings is 2. The number of ether oxygens (including phenoxy) is 1. The first-order valence-electron chi connectivity index (χ1n) is 8.70. The standard InChI is InChI=1S/C20H16F2N4O4/c21-16-7-3-13(10-17(16)22)25-20(27)18(23)9-12-1-5-15(6-2-12)30-19-8-4-14(11-24-19)26(28)29/h1-8,10-11,18H,9,23H2,(H,25,27). The molecule has 8 nitrogen and oxygen atoms in total. The lowest BCUT2D eigenvalue weighted by molar-refractivity contribution is -0.385. The van der Waals surface area contributed by atoms with Crippen LogP contribution < -0.4 is 15.8 Å². The van der Waals surface area contributed by atoms with Gasteiger partial charge in [-0.2, -0.15) is 0 Å². The van der Waals surface area contributed by atoms with Gasteiger partial charge >= 0.3 is 0 Å². The quantitative estimate of drug-likeness (QED) is 0.450. The second-order valence-corrected chi connectivity index (χ2v) is 6.29. The van der Waals surface area contributed by atoms with Gasteiger partial charge in [0.2, 0.25) is 11.8 Å². The van der Waals surface area contributed by atoms with Gasteiger partial charge in [0.25, 0.3) is 5.69 Å². The Morgan fingerprint density at radius 3 is 2.47 bits per heavy atom. The van der Waals surface area contributed by atoms with Crippen LogP contribution in [0.4, 0.5) is 20.2 Å². The molecule has 3 rings (SSSR count). The van der Waals surface area contributed by atoms with Gasteiger partial charge in [-0.1, -0.05) is 12.1 Å². The predicted molar refractivity (Wildman–Crippen MR) is 104 cm³/mol. The van der Waals surface area contributed by atoms with Crippen molar-refractivity contribution in [2.24, 2.45) is 5.73 Å². The molecule has 0 spiro atoms. The number of nitrogens with two attached hydrogens (primary N) is 1. The number of pyridine rings is 1. The normalized spacial score (nSPS) is 11.6. The van der Waals surface area contributed by atoms with Crippen molar-refractivity contribution >= 4 is 17.3 Å². The summed E-state index contributed by atoms with van der Waals surface area (Å²) in [7, 11) is 0. The van der Waals surface area contributed by atoms with E-state index in [0.29, 0.717) is 5.75 Å². The van der Waals surface area contributed by atoms with Gasteiger partial charge in [0.15, 0.2) is 11.6 Å². The molecular formula is C20H16F2N4O4. The van der Waals surface area contributed by atoms with Crippen LogP contribution in [-0.4, -0.2) is 21.9 Å². The molecule has 0 saturated carbocycles. The first kappa shape index (κ1) is 20.8. The third-order valence-electron chi connectivity index (χ3n) is 4.06. The molecule has 3 N–H and O–H groups in total. The van der Waals surface area contributed by atoms with Crippen LogP contribution in [-0.2, 0) is 11.2 Å². The largest absolute Gasteiger partial charge is 0.439 e. The molecule has 0 aliphatic heterocycles. The predicted octanol–water partition coefficient (Wildman–Crippen LogP) is 3.57. The molecule has 0 fully saturated rings. The Labute approximate surface area is 169 Å². The zero-order valence-corrected chi connectivity index (χ0v) is 15.4. The highest BCUT2D eigenvalue weighted by Crippen LogP contribution is 2.22. The summed E-state index contributed by atoms with van der Waals surface area (Å²) in [6, 6.07) is 11.4. The van der Waals surface area contributed by atoms with Crippen molar-refractivity contribution in [1.29, 1.82) is 0 Å². The molecule has 0 radical (unpaired) electrons. The number of anilines is 1. The van der Waals surface area contributed by atoms with Crippen LogP contribution >= 0.6 is 0 Å². The van der Waals surface area contributed by atoms with Gasteiger partial charge in [-0.25, -0.2) is 13.8 Å². The van der Waals surface area contributed by atoms with Gasteiger partial charge in [0.1, 0.15) is 11.9 Å². The molecule has 3 aromatic rings. The van der Waals surface area contributed by atoms with Crippen molar-refractivity contribution in [3.8, 4) is 11.6 Å². The molecule has 1 atom stereocenters. The fourth-order valence-electron chi connectivity index (χ4n) is 2.51. The van der Waals surface area contributed by atoms with Crippen LogP contribution in [0.15, 0.2) is 60.8 Å². The highest BCUT2D eigenvalue weighted by atomic mass is 19.2. The summed E-state index contributed by atoms with van der Waals surface area (Å²) in [5.74, 6) is -1.99. The van der Waals surface area contributed by atoms with E-state index >= 15 is 0 Å². The highest BCUT2D eigenvalue weighted by molar-refractivity contribution is 5.94. The fourth-order valence-corrected chi connectivity index (χ4v) is 2.51. The van der Waals surface area contributed by atoms with Crippen LogP contribution in [0.25, 0.3) is 0 Å². The summed E-state index contributed by atoms with van der Waals surface area (Å²) in [6.45, 7) is 0. The van der Waals surface area contributed by atoms with Crippen molar-refractivity contribution in [2.45, 2.75) is 12.5 Å². The average Bonchev–Trinajstić information content (AvgIpc) is 2.72. The number of rotatable bonds is 7.